The lowest BCUT2D eigenvalue weighted by atomic mass is 10.1. The Hall–Kier alpha value is -2.06. The van der Waals surface area contributed by atoms with Gasteiger partial charge >= 0.3 is 5.97 Å². The minimum Gasteiger partial charge on any atom is -0.490 e. The fourth-order valence-electron chi connectivity index (χ4n) is 3.38. The maximum atomic E-state index is 12.9. The van der Waals surface area contributed by atoms with Gasteiger partial charge in [-0.2, -0.15) is 0 Å². The number of esters is 1. The Balaban J connectivity index is 1.96. The number of ether oxygens (including phenoxy) is 3. The van der Waals surface area contributed by atoms with Gasteiger partial charge in [-0.05, 0) is 50.0 Å². The molecule has 0 aromatic heterocycles. The van der Waals surface area contributed by atoms with E-state index < -0.39 is 0 Å². The predicted octanol–water partition coefficient (Wildman–Crippen LogP) is 5.98. The number of nitrogens with zero attached hydrogens (tertiary/aromatic N) is 1. The van der Waals surface area contributed by atoms with Gasteiger partial charge in [-0.15, -0.1) is 0 Å². The molecule has 1 heterocycles. The zero-order chi connectivity index (χ0) is 24.1. The van der Waals surface area contributed by atoms with Crippen molar-refractivity contribution in [2.24, 2.45) is 0 Å². The highest BCUT2D eigenvalue weighted by Crippen LogP contribution is 2.35. The minimum atomic E-state index is -0.206. The molecule has 33 heavy (non-hydrogen) atoms. The van der Waals surface area contributed by atoms with Crippen LogP contribution < -0.4 is 9.47 Å². The normalized spacial score (nSPS) is 14.8. The van der Waals surface area contributed by atoms with Crippen LogP contribution in [0.5, 0.6) is 11.5 Å². The molecule has 1 aliphatic heterocycles. The van der Waals surface area contributed by atoms with Gasteiger partial charge in [0.2, 0.25) is 0 Å². The quantitative estimate of drug-likeness (QED) is 0.129. The Labute approximate surface area is 207 Å². The van der Waals surface area contributed by atoms with Crippen molar-refractivity contribution < 1.29 is 23.8 Å². The first-order valence-corrected chi connectivity index (χ1v) is 12.9. The molecule has 2 rings (SSSR count). The molecule has 182 valence electrons. The fourth-order valence-corrected chi connectivity index (χ4v) is 4.68. The highest BCUT2D eigenvalue weighted by atomic mass is 32.2. The Morgan fingerprint density at radius 1 is 1.06 bits per heavy atom. The van der Waals surface area contributed by atoms with Crippen LogP contribution in [0.1, 0.15) is 70.8 Å². The Bertz CT molecular complexity index is 840. The van der Waals surface area contributed by atoms with E-state index in [0.29, 0.717) is 41.2 Å². The number of thioether (sulfide) groups is 1. The van der Waals surface area contributed by atoms with E-state index in [9.17, 15) is 9.59 Å². The first-order valence-electron chi connectivity index (χ1n) is 11.7. The molecule has 6 nitrogen and oxygen atoms in total. The number of carbonyl (C=O) groups is 2. The van der Waals surface area contributed by atoms with Gasteiger partial charge in [-0.1, -0.05) is 62.7 Å². The molecule has 8 heteroatoms. The summed E-state index contributed by atoms with van der Waals surface area (Å²) < 4.78 is 16.9. The van der Waals surface area contributed by atoms with Gasteiger partial charge in [0, 0.05) is 13.0 Å². The lowest BCUT2D eigenvalue weighted by Crippen LogP contribution is -2.29. The molecule has 1 aromatic rings. The molecule has 0 spiro atoms. The molecule has 0 aliphatic carbocycles. The molecule has 1 aromatic carbocycles. The molecule has 1 fully saturated rings. The Morgan fingerprint density at radius 3 is 2.58 bits per heavy atom. The summed E-state index contributed by atoms with van der Waals surface area (Å²) in [4.78, 5) is 26.3. The molecule has 1 aliphatic rings. The maximum Gasteiger partial charge on any atom is 0.305 e. The van der Waals surface area contributed by atoms with Crippen molar-refractivity contribution >= 4 is 46.3 Å². The first kappa shape index (κ1) is 27.2. The van der Waals surface area contributed by atoms with Crippen molar-refractivity contribution in [3.8, 4) is 11.5 Å². The summed E-state index contributed by atoms with van der Waals surface area (Å²) in [7, 11) is 1.39. The molecular formula is C25H35NO5S2. The monoisotopic (exact) mass is 493 g/mol. The van der Waals surface area contributed by atoms with Crippen LogP contribution in [-0.2, 0) is 14.3 Å². The summed E-state index contributed by atoms with van der Waals surface area (Å²) in [6, 6.07) is 5.74. The van der Waals surface area contributed by atoms with Gasteiger partial charge < -0.3 is 14.2 Å². The van der Waals surface area contributed by atoms with Crippen molar-refractivity contribution in [3.05, 3.63) is 28.7 Å². The van der Waals surface area contributed by atoms with Crippen LogP contribution >= 0.6 is 24.0 Å². The molecule has 0 unspecified atom stereocenters. The van der Waals surface area contributed by atoms with Crippen LogP contribution in [0.15, 0.2) is 23.1 Å². The van der Waals surface area contributed by atoms with Crippen molar-refractivity contribution in [3.63, 3.8) is 0 Å². The summed E-state index contributed by atoms with van der Waals surface area (Å²) in [6.45, 7) is 5.88. The third kappa shape index (κ3) is 9.01. The van der Waals surface area contributed by atoms with Gasteiger partial charge in [0.05, 0.1) is 25.2 Å². The van der Waals surface area contributed by atoms with Crippen LogP contribution in [0.25, 0.3) is 6.08 Å². The zero-order valence-electron chi connectivity index (χ0n) is 19.9. The standard InChI is InChI=1S/C25H35NO5S2/c1-4-6-7-11-16-31-20-14-13-19(17-21(20)30-5-2)18-22-24(28)26(25(32)33-22)15-10-8-9-12-23(27)29-3/h13-14,17-18H,4-12,15-16H2,1-3H3/b22-18-. The van der Waals surface area contributed by atoms with E-state index in [-0.39, 0.29) is 11.9 Å². The van der Waals surface area contributed by atoms with E-state index >= 15 is 0 Å². The van der Waals surface area contributed by atoms with Crippen molar-refractivity contribution in [1.82, 2.24) is 4.90 Å². The molecule has 1 amide bonds. The van der Waals surface area contributed by atoms with Gasteiger partial charge in [-0.25, -0.2) is 0 Å². The number of unbranched alkanes of at least 4 members (excludes halogenated alkanes) is 5. The van der Waals surface area contributed by atoms with Gasteiger partial charge in [0.1, 0.15) is 4.32 Å². The SMILES string of the molecule is CCCCCCOc1ccc(/C=C2\SC(=S)N(CCCCCC(=O)OC)C2=O)cc1OCC. The van der Waals surface area contributed by atoms with E-state index in [2.05, 4.69) is 11.7 Å². The molecule has 1 saturated heterocycles. The summed E-state index contributed by atoms with van der Waals surface area (Å²) in [5.41, 5.74) is 0.871. The van der Waals surface area contributed by atoms with Crippen LogP contribution in [0, 0.1) is 0 Å². The van der Waals surface area contributed by atoms with Crippen molar-refractivity contribution in [1.29, 1.82) is 0 Å². The van der Waals surface area contributed by atoms with Crippen LogP contribution in [-0.4, -0.2) is 48.0 Å². The third-order valence-corrected chi connectivity index (χ3v) is 6.56. The lowest BCUT2D eigenvalue weighted by Gasteiger charge is -2.14. The molecule has 0 N–H and O–H groups in total. The van der Waals surface area contributed by atoms with Crippen LogP contribution in [0.2, 0.25) is 0 Å². The number of thiocarbonyl (C=S) groups is 1. The number of hydrogen-bond acceptors (Lipinski definition) is 7. The summed E-state index contributed by atoms with van der Waals surface area (Å²) in [6.07, 6.45) is 9.20. The largest absolute Gasteiger partial charge is 0.490 e. The first-order chi connectivity index (χ1) is 16.0. The van der Waals surface area contributed by atoms with E-state index in [1.54, 1.807) is 4.90 Å². The Morgan fingerprint density at radius 2 is 1.85 bits per heavy atom. The summed E-state index contributed by atoms with van der Waals surface area (Å²) >= 11 is 6.74. The van der Waals surface area contributed by atoms with Gasteiger partial charge in [0.25, 0.3) is 5.91 Å². The van der Waals surface area contributed by atoms with E-state index in [0.717, 1.165) is 43.4 Å². The van der Waals surface area contributed by atoms with Crippen LogP contribution in [0.4, 0.5) is 0 Å². The second kappa shape index (κ2) is 15.0. The highest BCUT2D eigenvalue weighted by molar-refractivity contribution is 8.26. The van der Waals surface area contributed by atoms with E-state index in [1.165, 1.54) is 31.7 Å². The zero-order valence-corrected chi connectivity index (χ0v) is 21.5. The summed E-state index contributed by atoms with van der Waals surface area (Å²) in [5.74, 6) is 1.13. The van der Waals surface area contributed by atoms with Crippen molar-refractivity contribution in [2.75, 3.05) is 26.9 Å². The summed E-state index contributed by atoms with van der Waals surface area (Å²) in [5, 5.41) is 0. The average molecular weight is 494 g/mol. The number of rotatable bonds is 15. The fraction of sp³-hybridized carbons (Fsp3) is 0.560. The number of amides is 1. The molecule has 0 atom stereocenters. The smallest absolute Gasteiger partial charge is 0.305 e. The minimum absolute atomic E-state index is 0.0767. The predicted molar refractivity (Wildman–Crippen MR) is 138 cm³/mol. The molecule has 0 bridgehead atoms. The Kier molecular flexibility index (Phi) is 12.3. The number of benzene rings is 1. The number of methoxy groups -OCH3 is 1. The molecule has 0 radical (unpaired) electrons. The molecular weight excluding hydrogens is 458 g/mol. The lowest BCUT2D eigenvalue weighted by molar-refractivity contribution is -0.140. The average Bonchev–Trinajstić information content (AvgIpc) is 3.07. The second-order valence-electron chi connectivity index (χ2n) is 7.77. The molecule has 0 saturated carbocycles. The topological polar surface area (TPSA) is 65.1 Å². The highest BCUT2D eigenvalue weighted by Gasteiger charge is 2.31. The van der Waals surface area contributed by atoms with Crippen LogP contribution in [0.3, 0.4) is 0 Å². The maximum absolute atomic E-state index is 12.9. The number of hydrogen-bond donors (Lipinski definition) is 0. The van der Waals surface area contributed by atoms with E-state index in [4.69, 9.17) is 21.7 Å². The second-order valence-corrected chi connectivity index (χ2v) is 9.44. The number of carbonyl (C=O) groups excluding carboxylic acids is 2. The van der Waals surface area contributed by atoms with Crippen molar-refractivity contribution in [2.45, 2.75) is 65.2 Å². The van der Waals surface area contributed by atoms with Gasteiger partial charge in [0.15, 0.2) is 11.5 Å². The van der Waals surface area contributed by atoms with E-state index in [1.807, 2.05) is 31.2 Å². The third-order valence-electron chi connectivity index (χ3n) is 5.18. The van der Waals surface area contributed by atoms with Gasteiger partial charge in [-0.3, -0.25) is 14.5 Å².